The summed E-state index contributed by atoms with van der Waals surface area (Å²) in [5.74, 6) is 0.458. The maximum atomic E-state index is 14.6. The Morgan fingerprint density at radius 1 is 0.495 bits per heavy atom. The third-order valence-electron chi connectivity index (χ3n) is 32.6. The van der Waals surface area contributed by atoms with E-state index in [1.54, 1.807) is 0 Å². The van der Waals surface area contributed by atoms with Crippen LogP contribution in [0.3, 0.4) is 0 Å². The molecule has 10 aliphatic carbocycles. The van der Waals surface area contributed by atoms with E-state index in [2.05, 4.69) is 94.9 Å². The molecule has 11 fully saturated rings. The van der Waals surface area contributed by atoms with Gasteiger partial charge < -0.3 is 94.8 Å². The summed E-state index contributed by atoms with van der Waals surface area (Å²) in [5.41, 5.74) is -2.27. The summed E-state index contributed by atoms with van der Waals surface area (Å²) >= 11 is 0. The number of carbonyl (C=O) groups excluding carboxylic acids is 1. The summed E-state index contributed by atoms with van der Waals surface area (Å²) in [6.45, 7) is 35.1. The number of aliphatic hydroxyl groups is 13. The van der Waals surface area contributed by atoms with Crippen LogP contribution >= 0.6 is 0 Å². The zero-order valence-electron chi connectivity index (χ0n) is 60.7. The highest BCUT2D eigenvalue weighted by Crippen LogP contribution is 2.79. The maximum absolute atomic E-state index is 14.6. The first-order chi connectivity index (χ1) is 45.0. The third-order valence-corrected chi connectivity index (χ3v) is 32.6. The molecule has 0 spiro atoms. The maximum Gasteiger partial charge on any atom is 0.315 e. The molecule has 8 saturated carbocycles. The van der Waals surface area contributed by atoms with E-state index in [1.807, 2.05) is 20.8 Å². The van der Waals surface area contributed by atoms with Crippen LogP contribution in [0, 0.1) is 101 Å². The van der Waals surface area contributed by atoms with Gasteiger partial charge in [-0.05, 0) is 208 Å². The van der Waals surface area contributed by atoms with Gasteiger partial charge in [0, 0.05) is 17.3 Å². The minimum atomic E-state index is -1.72. The lowest BCUT2D eigenvalue weighted by atomic mass is 9.33. The molecule has 3 saturated heterocycles. The summed E-state index contributed by atoms with van der Waals surface area (Å²) in [4.78, 5) is 14.6. The molecule has 13 N–H and O–H groups in total. The Labute approximate surface area is 576 Å². The molecule has 97 heavy (non-hydrogen) atoms. The van der Waals surface area contributed by atoms with E-state index in [4.69, 9.17) is 28.4 Å². The average Bonchev–Trinajstić information content (AvgIpc) is 0.677. The lowest BCUT2D eigenvalue weighted by Gasteiger charge is -2.72. The highest BCUT2D eigenvalue weighted by Gasteiger charge is 2.74. The lowest BCUT2D eigenvalue weighted by molar-refractivity contribution is -0.308. The summed E-state index contributed by atoms with van der Waals surface area (Å²) < 4.78 is 35.8. The van der Waals surface area contributed by atoms with Crippen LogP contribution in [-0.4, -0.2) is 195 Å². The number of fused-ring (bicyclic) bond motifs is 14. The topological polar surface area (TPSA) is 335 Å². The smallest absolute Gasteiger partial charge is 0.315 e. The number of rotatable bonds is 8. The van der Waals surface area contributed by atoms with Gasteiger partial charge in [-0.25, -0.2) is 0 Å². The second kappa shape index (κ2) is 25.0. The fraction of sp³-hybridized carbons (Fsp3) is 0.909. The van der Waals surface area contributed by atoms with Crippen molar-refractivity contribution in [2.24, 2.45) is 101 Å². The Morgan fingerprint density at radius 3 is 1.32 bits per heavy atom. The van der Waals surface area contributed by atoms with Gasteiger partial charge in [-0.1, -0.05) is 113 Å². The fourth-order valence-electron chi connectivity index (χ4n) is 25.8. The van der Waals surface area contributed by atoms with Crippen molar-refractivity contribution in [3.8, 4) is 0 Å². The zero-order chi connectivity index (χ0) is 71.1. The summed E-state index contributed by atoms with van der Waals surface area (Å²) in [6, 6.07) is 0. The Balaban J connectivity index is 0.000000190. The standard InChI is InChI=1S/C41H66O13.C36H58O7/c1-20-10-15-41(35(49)54-34-31(48)29(46)28(45)23(18-42)52-34)17-16-38(5)21(32(41)40(20,7)50)8-9-25-37(4)13-12-26(36(2,3)24(37)11-14-39(25,38)6)53-33-30(47)27(44)22(43)19-51-33;1-20-11-16-36(21(2)37)18-17-33(6)22(29(36)35(20,8)41)9-10-25-32(5)14-13-26(31(3,4)24(32)12-15-34(25,33)7)43-30-28(40)27(39)23(38)19-42-30/h8,20,22-34,42-48,50H,9-19H2,1-7H3;9,20,23-30,37-41H,2,10-19H2,1,3-8H3/t20-,22+,23-,24+,25?,26+,27+,28-,29+,30-,31-,32-,33+,34+,37+,38-,39-,40-,41+;20-,23+,24+,25?,26+,27+,28-,29-,30+,32+,33-,34-,35-,36-/m11/s1. The molecule has 3 heterocycles. The van der Waals surface area contributed by atoms with Gasteiger partial charge >= 0.3 is 5.97 Å². The van der Waals surface area contributed by atoms with Crippen molar-refractivity contribution >= 4 is 5.97 Å². The monoisotopic (exact) mass is 1370 g/mol. The van der Waals surface area contributed by atoms with Gasteiger partial charge in [-0.15, -0.1) is 0 Å². The first kappa shape index (κ1) is 74.5. The van der Waals surface area contributed by atoms with Gasteiger partial charge in [0.1, 0.15) is 61.0 Å². The fourth-order valence-corrected chi connectivity index (χ4v) is 25.8. The molecule has 0 aromatic heterocycles. The van der Waals surface area contributed by atoms with Crippen molar-refractivity contribution in [3.63, 3.8) is 0 Å². The molecule has 0 bridgehead atoms. The van der Waals surface area contributed by atoms with Crippen molar-refractivity contribution in [1.29, 1.82) is 0 Å². The summed E-state index contributed by atoms with van der Waals surface area (Å²) in [6.07, 6.45) is 2.31. The highest BCUT2D eigenvalue weighted by atomic mass is 16.7. The average molecular weight is 1370 g/mol. The van der Waals surface area contributed by atoms with Crippen LogP contribution in [0.1, 0.15) is 213 Å². The molecule has 0 aromatic carbocycles. The Kier molecular flexibility index (Phi) is 19.2. The van der Waals surface area contributed by atoms with Crippen LogP contribution in [0.5, 0.6) is 0 Å². The van der Waals surface area contributed by atoms with Crippen molar-refractivity contribution in [2.45, 2.75) is 316 Å². The molecular formula is C77H124O20. The van der Waals surface area contributed by atoms with Crippen LogP contribution < -0.4 is 0 Å². The molecule has 552 valence electrons. The van der Waals surface area contributed by atoms with Crippen LogP contribution in [0.4, 0.5) is 0 Å². The number of aliphatic hydroxyl groups excluding tert-OH is 11. The number of carbonyl (C=O) groups is 1. The SMILES string of the molecule is C=C(O)[C@]12CC[C@@H](C)[C@@](C)(O)[C@H]1C1=CCC3[C@@]4(C)CC[C@H](O[C@@H]5OC[C@H](O)[C@H](O)[C@H]5O)C(C)(C)[C@@H]4CC[C@@]3(C)[C@]1(C)CC2.C[C@@H]1CC[C@]2(C(=O)O[C@@H]3O[C@H](CO)[C@@H](O)[C@H](O)[C@H]3O)CC[C@]3(C)C(=CCC4[C@@]5(C)CC[C@H](O[C@@H]6OC[C@H](O)[C@H](O)[C@H]6O)C(C)(C)[C@@H]5CC[C@]43C)[C@@H]2[C@]1(C)O. The largest absolute Gasteiger partial charge is 0.512 e. The van der Waals surface area contributed by atoms with Crippen molar-refractivity contribution < 1.29 is 99.6 Å². The van der Waals surface area contributed by atoms with Crippen LogP contribution in [0.2, 0.25) is 0 Å². The van der Waals surface area contributed by atoms with Gasteiger partial charge in [0.15, 0.2) is 12.6 Å². The molecule has 0 aromatic rings. The van der Waals surface area contributed by atoms with E-state index in [9.17, 15) is 71.2 Å². The predicted octanol–water partition coefficient (Wildman–Crippen LogP) is 7.58. The normalized spacial score (nSPS) is 55.8. The number of esters is 1. The van der Waals surface area contributed by atoms with Crippen LogP contribution in [0.15, 0.2) is 35.6 Å². The lowest BCUT2D eigenvalue weighted by Crippen LogP contribution is -2.68. The highest BCUT2D eigenvalue weighted by molar-refractivity contribution is 5.79. The molecule has 3 aliphatic heterocycles. The molecule has 2 unspecified atom stereocenters. The Hall–Kier alpha value is -2.19. The number of hydrogen-bond donors (Lipinski definition) is 13. The molecule has 20 heteroatoms. The molecule has 13 rings (SSSR count). The van der Waals surface area contributed by atoms with E-state index in [1.165, 1.54) is 5.57 Å². The molecule has 0 amide bonds. The third kappa shape index (κ3) is 10.7. The predicted molar refractivity (Wildman–Crippen MR) is 358 cm³/mol. The summed E-state index contributed by atoms with van der Waals surface area (Å²) in [7, 11) is 0. The number of allylic oxidation sites excluding steroid dienone is 3. The van der Waals surface area contributed by atoms with Gasteiger partial charge in [0.25, 0.3) is 0 Å². The van der Waals surface area contributed by atoms with Crippen LogP contribution in [0.25, 0.3) is 0 Å². The van der Waals surface area contributed by atoms with E-state index >= 15 is 0 Å². The second-order valence-electron chi connectivity index (χ2n) is 37.1. The molecule has 0 radical (unpaired) electrons. The minimum absolute atomic E-state index is 0.0503. The number of hydrogen-bond acceptors (Lipinski definition) is 20. The molecular weight excluding hydrogens is 1240 g/mol. The number of ether oxygens (including phenoxy) is 6. The first-order valence-corrected chi connectivity index (χ1v) is 37.4. The quantitative estimate of drug-likeness (QED) is 0.0482. The van der Waals surface area contributed by atoms with Gasteiger partial charge in [-0.3, -0.25) is 4.79 Å². The first-order valence-electron chi connectivity index (χ1n) is 37.4. The Morgan fingerprint density at radius 2 is 0.897 bits per heavy atom. The van der Waals surface area contributed by atoms with Crippen molar-refractivity contribution in [2.75, 3.05) is 19.8 Å². The zero-order valence-corrected chi connectivity index (χ0v) is 60.7. The van der Waals surface area contributed by atoms with E-state index in [-0.39, 0.29) is 98.2 Å². The molecule has 20 nitrogen and oxygen atoms in total. The van der Waals surface area contributed by atoms with Gasteiger partial charge in [0.2, 0.25) is 6.29 Å². The van der Waals surface area contributed by atoms with E-state index < -0.39 is 120 Å². The van der Waals surface area contributed by atoms with Crippen LogP contribution in [-0.2, 0) is 33.2 Å². The van der Waals surface area contributed by atoms with E-state index in [0.717, 1.165) is 95.5 Å². The Bertz CT molecular complexity index is 3020. The second-order valence-corrected chi connectivity index (χ2v) is 37.1. The van der Waals surface area contributed by atoms with Crippen molar-refractivity contribution in [3.05, 3.63) is 35.6 Å². The van der Waals surface area contributed by atoms with Crippen molar-refractivity contribution in [1.82, 2.24) is 0 Å². The minimum Gasteiger partial charge on any atom is -0.512 e. The molecule has 33 atom stereocenters. The van der Waals surface area contributed by atoms with E-state index in [0.29, 0.717) is 43.4 Å². The summed E-state index contributed by atoms with van der Waals surface area (Å²) in [5, 5.41) is 139. The van der Waals surface area contributed by atoms with Gasteiger partial charge in [-0.2, -0.15) is 0 Å². The molecule has 13 aliphatic rings. The van der Waals surface area contributed by atoms with Gasteiger partial charge in [0.05, 0.1) is 54.4 Å².